The fourth-order valence-corrected chi connectivity index (χ4v) is 7.33. The smallest absolute Gasteiger partial charge is 0.164 e. The lowest BCUT2D eigenvalue weighted by atomic mass is 10.0. The summed E-state index contributed by atoms with van der Waals surface area (Å²) in [6, 6.07) is 65.0. The van der Waals surface area contributed by atoms with Gasteiger partial charge in [-0.15, -0.1) is 0 Å². The van der Waals surface area contributed by atoms with Crippen molar-refractivity contribution in [2.24, 2.45) is 0 Å². The Morgan fingerprint density at radius 2 is 0.830 bits per heavy atom. The molecule has 0 unspecified atom stereocenters. The van der Waals surface area contributed by atoms with Gasteiger partial charge in [0.25, 0.3) is 0 Å². The predicted octanol–water partition coefficient (Wildman–Crippen LogP) is 11.9. The maximum atomic E-state index is 5.36. The number of pyridine rings is 1. The summed E-state index contributed by atoms with van der Waals surface area (Å²) in [5.41, 5.74) is 11.3. The molecule has 0 saturated heterocycles. The van der Waals surface area contributed by atoms with E-state index in [9.17, 15) is 0 Å². The molecular formula is C48H31N5. The average Bonchev–Trinajstić information content (AvgIpc) is 3.60. The molecule has 0 aliphatic rings. The van der Waals surface area contributed by atoms with Crippen LogP contribution in [0.1, 0.15) is 0 Å². The number of para-hydroxylation sites is 3. The number of nitrogens with zero attached hydrogens (tertiary/aromatic N) is 5. The number of aromatic nitrogens is 5. The standard InChI is InChI=1S/C48H31N5/c1-4-15-32(16-5-1)33-27-29-35(30-28-33)47-50-46(34-17-6-2-7-18-34)51-48(52-47)37-20-14-19-36(31-37)44-43-40-24-11-13-26-42(40)53(38-21-8-3-9-22-38)45(43)39-23-10-12-25-41(39)49-44/h1-31H. The van der Waals surface area contributed by atoms with Crippen LogP contribution in [0.2, 0.25) is 0 Å². The maximum Gasteiger partial charge on any atom is 0.164 e. The molecule has 5 nitrogen and oxygen atoms in total. The summed E-state index contributed by atoms with van der Waals surface area (Å²) in [7, 11) is 0. The van der Waals surface area contributed by atoms with Crippen molar-refractivity contribution in [3.05, 3.63) is 188 Å². The van der Waals surface area contributed by atoms with E-state index < -0.39 is 0 Å². The Kier molecular flexibility index (Phi) is 7.40. The van der Waals surface area contributed by atoms with Crippen molar-refractivity contribution in [2.75, 3.05) is 0 Å². The van der Waals surface area contributed by atoms with Crippen LogP contribution < -0.4 is 0 Å². The Labute approximate surface area is 306 Å². The summed E-state index contributed by atoms with van der Waals surface area (Å²) >= 11 is 0. The summed E-state index contributed by atoms with van der Waals surface area (Å²) < 4.78 is 2.37. The number of hydrogen-bond acceptors (Lipinski definition) is 4. The van der Waals surface area contributed by atoms with Gasteiger partial charge in [-0.05, 0) is 41.5 Å². The molecule has 10 rings (SSSR count). The lowest BCUT2D eigenvalue weighted by molar-refractivity contribution is 1.07. The molecule has 3 aromatic heterocycles. The second kappa shape index (κ2) is 12.8. The van der Waals surface area contributed by atoms with Gasteiger partial charge in [-0.25, -0.2) is 19.9 Å². The number of rotatable bonds is 6. The molecule has 53 heavy (non-hydrogen) atoms. The van der Waals surface area contributed by atoms with Crippen LogP contribution in [-0.4, -0.2) is 24.5 Å². The van der Waals surface area contributed by atoms with Gasteiger partial charge in [-0.3, -0.25) is 0 Å². The summed E-state index contributed by atoms with van der Waals surface area (Å²) in [6.07, 6.45) is 0. The first kappa shape index (κ1) is 30.6. The Bertz CT molecular complexity index is 2920. The molecular weight excluding hydrogens is 647 g/mol. The molecule has 0 saturated carbocycles. The molecule has 0 fully saturated rings. The number of fused-ring (bicyclic) bond motifs is 5. The summed E-state index contributed by atoms with van der Waals surface area (Å²) in [6.45, 7) is 0. The Morgan fingerprint density at radius 1 is 0.340 bits per heavy atom. The third-order valence-electron chi connectivity index (χ3n) is 9.83. The molecule has 248 valence electrons. The van der Waals surface area contributed by atoms with Crippen molar-refractivity contribution >= 4 is 32.7 Å². The van der Waals surface area contributed by atoms with E-state index in [2.05, 4.69) is 156 Å². The van der Waals surface area contributed by atoms with Crippen LogP contribution in [0, 0.1) is 0 Å². The van der Waals surface area contributed by atoms with E-state index in [0.29, 0.717) is 17.5 Å². The quantitative estimate of drug-likeness (QED) is 0.176. The van der Waals surface area contributed by atoms with Gasteiger partial charge in [0.05, 0.1) is 22.2 Å². The fourth-order valence-electron chi connectivity index (χ4n) is 7.33. The molecule has 0 N–H and O–H groups in total. The maximum absolute atomic E-state index is 5.36. The molecule has 3 heterocycles. The summed E-state index contributed by atoms with van der Waals surface area (Å²) in [5.74, 6) is 1.85. The molecule has 0 spiro atoms. The highest BCUT2D eigenvalue weighted by atomic mass is 15.0. The second-order valence-corrected chi connectivity index (χ2v) is 13.1. The summed E-state index contributed by atoms with van der Waals surface area (Å²) in [4.78, 5) is 20.5. The highest BCUT2D eigenvalue weighted by Gasteiger charge is 2.21. The Balaban J connectivity index is 1.17. The van der Waals surface area contributed by atoms with Gasteiger partial charge in [0, 0.05) is 44.1 Å². The third-order valence-corrected chi connectivity index (χ3v) is 9.83. The first-order valence-corrected chi connectivity index (χ1v) is 17.7. The van der Waals surface area contributed by atoms with E-state index in [-0.39, 0.29) is 0 Å². The first-order valence-electron chi connectivity index (χ1n) is 17.7. The largest absolute Gasteiger partial charge is 0.308 e. The molecule has 0 amide bonds. The SMILES string of the molecule is c1ccc(-c2ccc(-c3nc(-c4ccccc4)nc(-c4cccc(-c5nc6ccccc6c6c5c5ccccc5n6-c5ccccc5)c4)n3)cc2)cc1. The number of benzene rings is 7. The topological polar surface area (TPSA) is 56.5 Å². The fraction of sp³-hybridized carbons (Fsp3) is 0. The molecule has 5 heteroatoms. The van der Waals surface area contributed by atoms with Crippen molar-refractivity contribution in [3.8, 4) is 62.2 Å². The van der Waals surface area contributed by atoms with E-state index in [1.54, 1.807) is 0 Å². The van der Waals surface area contributed by atoms with E-state index in [1.807, 2.05) is 36.4 Å². The van der Waals surface area contributed by atoms with Crippen LogP contribution in [-0.2, 0) is 0 Å². The van der Waals surface area contributed by atoms with E-state index in [4.69, 9.17) is 19.9 Å². The van der Waals surface area contributed by atoms with Crippen LogP contribution in [0.5, 0.6) is 0 Å². The van der Waals surface area contributed by atoms with Crippen molar-refractivity contribution in [3.63, 3.8) is 0 Å². The zero-order valence-electron chi connectivity index (χ0n) is 28.6. The number of hydrogen-bond donors (Lipinski definition) is 0. The van der Waals surface area contributed by atoms with Crippen LogP contribution in [0.3, 0.4) is 0 Å². The zero-order chi connectivity index (χ0) is 35.1. The minimum absolute atomic E-state index is 0.603. The molecule has 7 aromatic carbocycles. The second-order valence-electron chi connectivity index (χ2n) is 13.1. The van der Waals surface area contributed by atoms with Crippen molar-refractivity contribution in [1.29, 1.82) is 0 Å². The Hall–Kier alpha value is -7.24. The predicted molar refractivity (Wildman–Crippen MR) is 217 cm³/mol. The normalized spacial score (nSPS) is 11.4. The van der Waals surface area contributed by atoms with Crippen LogP contribution in [0.25, 0.3) is 94.9 Å². The lowest BCUT2D eigenvalue weighted by Gasteiger charge is -2.12. The third kappa shape index (κ3) is 5.43. The molecule has 0 aliphatic heterocycles. The van der Waals surface area contributed by atoms with E-state index in [0.717, 1.165) is 71.9 Å². The zero-order valence-corrected chi connectivity index (χ0v) is 28.6. The van der Waals surface area contributed by atoms with Gasteiger partial charge < -0.3 is 4.57 Å². The summed E-state index contributed by atoms with van der Waals surface area (Å²) in [5, 5.41) is 3.37. The van der Waals surface area contributed by atoms with Gasteiger partial charge in [-0.2, -0.15) is 0 Å². The highest BCUT2D eigenvalue weighted by molar-refractivity contribution is 6.22. The lowest BCUT2D eigenvalue weighted by Crippen LogP contribution is -2.00. The molecule has 0 atom stereocenters. The Morgan fingerprint density at radius 3 is 1.55 bits per heavy atom. The van der Waals surface area contributed by atoms with Gasteiger partial charge in [0.15, 0.2) is 17.5 Å². The van der Waals surface area contributed by atoms with Gasteiger partial charge in [0.2, 0.25) is 0 Å². The van der Waals surface area contributed by atoms with Crippen molar-refractivity contribution in [1.82, 2.24) is 24.5 Å². The van der Waals surface area contributed by atoms with Gasteiger partial charge in [0.1, 0.15) is 0 Å². The first-order chi connectivity index (χ1) is 26.3. The molecule has 0 aliphatic carbocycles. The van der Waals surface area contributed by atoms with Crippen LogP contribution in [0.4, 0.5) is 0 Å². The molecule has 0 radical (unpaired) electrons. The van der Waals surface area contributed by atoms with Gasteiger partial charge >= 0.3 is 0 Å². The molecule has 10 aromatic rings. The minimum Gasteiger partial charge on any atom is -0.308 e. The van der Waals surface area contributed by atoms with Gasteiger partial charge in [-0.1, -0.05) is 158 Å². The van der Waals surface area contributed by atoms with E-state index >= 15 is 0 Å². The van der Waals surface area contributed by atoms with Crippen LogP contribution >= 0.6 is 0 Å². The van der Waals surface area contributed by atoms with E-state index in [1.165, 1.54) is 5.56 Å². The van der Waals surface area contributed by atoms with Crippen molar-refractivity contribution < 1.29 is 0 Å². The highest BCUT2D eigenvalue weighted by Crippen LogP contribution is 2.41. The molecule has 0 bridgehead atoms. The average molecular weight is 678 g/mol. The van der Waals surface area contributed by atoms with Crippen molar-refractivity contribution in [2.45, 2.75) is 0 Å². The van der Waals surface area contributed by atoms with Crippen LogP contribution in [0.15, 0.2) is 188 Å². The minimum atomic E-state index is 0.603. The monoisotopic (exact) mass is 677 g/mol.